The number of alkyl halides is 3. The Balaban J connectivity index is 1.51. The lowest BCUT2D eigenvalue weighted by Crippen LogP contribution is -2.60. The normalized spacial score (nSPS) is 29.9. The van der Waals surface area contributed by atoms with E-state index in [9.17, 15) is 37.6 Å². The highest BCUT2D eigenvalue weighted by Gasteiger charge is 2.79. The molecule has 2 heterocycles. The van der Waals surface area contributed by atoms with Gasteiger partial charge in [0.2, 0.25) is 17.7 Å². The molecule has 2 aliphatic heterocycles. The van der Waals surface area contributed by atoms with Gasteiger partial charge in [-0.25, -0.2) is 0 Å². The first-order valence-electron chi connectivity index (χ1n) is 12.4. The van der Waals surface area contributed by atoms with Crippen molar-refractivity contribution in [2.45, 2.75) is 77.2 Å². The van der Waals surface area contributed by atoms with Gasteiger partial charge >= 0.3 is 12.1 Å². The topological polar surface area (TPSA) is 131 Å². The van der Waals surface area contributed by atoms with Gasteiger partial charge in [-0.3, -0.25) is 19.2 Å². The van der Waals surface area contributed by atoms with Crippen LogP contribution in [0.1, 0.15) is 52.9 Å². The number of amides is 4. The van der Waals surface area contributed by atoms with Crippen molar-refractivity contribution in [2.75, 3.05) is 13.1 Å². The molecular weight excluding hydrogens is 479 g/mol. The highest BCUT2D eigenvalue weighted by atomic mass is 19.4. The van der Waals surface area contributed by atoms with E-state index < -0.39 is 53.4 Å². The molecule has 1 spiro atoms. The van der Waals surface area contributed by atoms with Crippen molar-refractivity contribution in [2.24, 2.45) is 28.6 Å². The second-order valence-corrected chi connectivity index (χ2v) is 11.6. The highest BCUT2D eigenvalue weighted by molar-refractivity contribution is 5.95. The van der Waals surface area contributed by atoms with E-state index in [1.54, 1.807) is 20.8 Å². The maximum atomic E-state index is 13.5. The molecule has 36 heavy (non-hydrogen) atoms. The molecule has 4 rings (SSSR count). The van der Waals surface area contributed by atoms with Gasteiger partial charge in [0.1, 0.15) is 18.1 Å². The van der Waals surface area contributed by atoms with Crippen molar-refractivity contribution in [3.8, 4) is 6.07 Å². The van der Waals surface area contributed by atoms with E-state index in [0.717, 1.165) is 19.3 Å². The largest absolute Gasteiger partial charge is 0.471 e. The summed E-state index contributed by atoms with van der Waals surface area (Å²) in [6.45, 7) is 5.42. The molecule has 0 aromatic carbocycles. The Bertz CT molecular complexity index is 997. The third kappa shape index (κ3) is 4.76. The van der Waals surface area contributed by atoms with Crippen LogP contribution >= 0.6 is 0 Å². The average molecular weight is 512 g/mol. The van der Waals surface area contributed by atoms with Crippen molar-refractivity contribution < 1.29 is 32.3 Å². The lowest BCUT2D eigenvalue weighted by atomic mass is 9.85. The molecule has 12 heteroatoms. The summed E-state index contributed by atoms with van der Waals surface area (Å²) in [5, 5.41) is 16.9. The molecule has 0 radical (unpaired) electrons. The number of nitrogens with one attached hydrogen (secondary N) is 3. The zero-order chi connectivity index (χ0) is 26.6. The van der Waals surface area contributed by atoms with Gasteiger partial charge in [0.05, 0.1) is 6.07 Å². The standard InChI is InChI=1S/C24H32F3N5O4/c1-22(2,3)17(31-21(36)24(25,26)27)20(35)32-11-14-15(23(14)6-7-23)16(32)19(34)30-13(10-28)9-12-5-4-8-29-18(12)33/h12-17H,4-9,11H2,1-3H3,(H,29,33)(H,30,34)(H,31,36)/t12-,13-,14-,15-,16?,17+/m0/s1. The lowest BCUT2D eigenvalue weighted by molar-refractivity contribution is -0.176. The summed E-state index contributed by atoms with van der Waals surface area (Å²) in [4.78, 5) is 52.0. The van der Waals surface area contributed by atoms with Crippen LogP contribution in [0.2, 0.25) is 0 Å². The van der Waals surface area contributed by atoms with Crippen LogP contribution in [0.25, 0.3) is 0 Å². The Hall–Kier alpha value is -2.84. The SMILES string of the molecule is CC(C)(C)[C@H](NC(=O)C(F)(F)F)C(=O)N1C[C@H]2[C@@H](C1C(=O)N[C@H](C#N)C[C@@H]1CCCNC1=O)C21CC1. The number of hydrogen-bond donors (Lipinski definition) is 3. The van der Waals surface area contributed by atoms with Crippen LogP contribution in [-0.4, -0.2) is 65.9 Å². The minimum absolute atomic E-state index is 0.0172. The van der Waals surface area contributed by atoms with E-state index >= 15 is 0 Å². The molecule has 4 amide bonds. The fourth-order valence-corrected chi connectivity index (χ4v) is 6.11. The Kier molecular flexibility index (Phi) is 6.50. The van der Waals surface area contributed by atoms with Gasteiger partial charge in [0.15, 0.2) is 0 Å². The molecule has 4 aliphatic rings. The summed E-state index contributed by atoms with van der Waals surface area (Å²) in [6.07, 6.45) is -1.79. The van der Waals surface area contributed by atoms with Gasteiger partial charge in [-0.2, -0.15) is 18.4 Å². The predicted octanol–water partition coefficient (Wildman–Crippen LogP) is 1.24. The van der Waals surface area contributed by atoms with Crippen molar-refractivity contribution in [1.82, 2.24) is 20.9 Å². The number of carbonyl (C=O) groups is 4. The molecule has 4 fully saturated rings. The summed E-state index contributed by atoms with van der Waals surface area (Å²) in [7, 11) is 0. The minimum Gasteiger partial charge on any atom is -0.356 e. The van der Waals surface area contributed by atoms with Gasteiger partial charge < -0.3 is 20.9 Å². The number of halogens is 3. The number of fused-ring (bicyclic) bond motifs is 3. The van der Waals surface area contributed by atoms with Crippen molar-refractivity contribution >= 4 is 23.6 Å². The smallest absolute Gasteiger partial charge is 0.356 e. The maximum absolute atomic E-state index is 13.5. The number of nitrogens with zero attached hydrogens (tertiary/aromatic N) is 2. The molecule has 0 bridgehead atoms. The third-order valence-corrected chi connectivity index (χ3v) is 8.21. The van der Waals surface area contributed by atoms with Crippen molar-refractivity contribution in [3.05, 3.63) is 0 Å². The van der Waals surface area contributed by atoms with Gasteiger partial charge in [-0.15, -0.1) is 0 Å². The van der Waals surface area contributed by atoms with Crippen LogP contribution < -0.4 is 16.0 Å². The molecule has 2 saturated carbocycles. The molecule has 9 nitrogen and oxygen atoms in total. The predicted molar refractivity (Wildman–Crippen MR) is 119 cm³/mol. The molecule has 0 aromatic heterocycles. The Morgan fingerprint density at radius 2 is 1.89 bits per heavy atom. The highest BCUT2D eigenvalue weighted by Crippen LogP contribution is 2.78. The molecule has 2 saturated heterocycles. The van der Waals surface area contributed by atoms with Gasteiger partial charge in [-0.05, 0) is 54.8 Å². The molecule has 3 N–H and O–H groups in total. The average Bonchev–Trinajstić information content (AvgIpc) is 3.64. The van der Waals surface area contributed by atoms with E-state index in [2.05, 4.69) is 10.6 Å². The van der Waals surface area contributed by atoms with E-state index in [1.807, 2.05) is 11.4 Å². The number of piperidine rings is 2. The lowest BCUT2D eigenvalue weighted by Gasteiger charge is -2.37. The number of likely N-dealkylation sites (tertiary alicyclic amines) is 1. The number of hydrogen-bond acceptors (Lipinski definition) is 5. The monoisotopic (exact) mass is 511 g/mol. The van der Waals surface area contributed by atoms with Crippen molar-refractivity contribution in [1.29, 1.82) is 5.26 Å². The van der Waals surface area contributed by atoms with Crippen molar-refractivity contribution in [3.63, 3.8) is 0 Å². The Labute approximate surface area is 207 Å². The molecule has 1 unspecified atom stereocenters. The van der Waals surface area contributed by atoms with E-state index in [0.29, 0.717) is 13.0 Å². The summed E-state index contributed by atoms with van der Waals surface area (Å²) < 4.78 is 38.9. The first-order valence-corrected chi connectivity index (χ1v) is 12.4. The third-order valence-electron chi connectivity index (χ3n) is 8.21. The fraction of sp³-hybridized carbons (Fsp3) is 0.792. The first-order chi connectivity index (χ1) is 16.7. The molecule has 6 atom stereocenters. The first kappa shape index (κ1) is 26.2. The second kappa shape index (κ2) is 8.92. The minimum atomic E-state index is -5.16. The van der Waals surface area contributed by atoms with Crippen LogP contribution in [0, 0.1) is 39.9 Å². The second-order valence-electron chi connectivity index (χ2n) is 11.6. The number of carbonyl (C=O) groups excluding carboxylic acids is 4. The zero-order valence-corrected chi connectivity index (χ0v) is 20.6. The van der Waals surface area contributed by atoms with Gasteiger partial charge in [-0.1, -0.05) is 20.8 Å². The molecule has 2 aliphatic carbocycles. The molecular formula is C24H32F3N5O4. The van der Waals surface area contributed by atoms with Crippen LogP contribution in [0.4, 0.5) is 13.2 Å². The Morgan fingerprint density at radius 1 is 1.22 bits per heavy atom. The van der Waals surface area contributed by atoms with Crippen LogP contribution in [0.15, 0.2) is 0 Å². The van der Waals surface area contributed by atoms with E-state index in [1.165, 1.54) is 4.90 Å². The van der Waals surface area contributed by atoms with Crippen LogP contribution in [-0.2, 0) is 19.2 Å². The summed E-state index contributed by atoms with van der Waals surface area (Å²) >= 11 is 0. The van der Waals surface area contributed by atoms with Gasteiger partial charge in [0.25, 0.3) is 0 Å². The number of nitriles is 1. The van der Waals surface area contributed by atoms with Crippen LogP contribution in [0.3, 0.4) is 0 Å². The molecule has 0 aromatic rings. The summed E-state index contributed by atoms with van der Waals surface area (Å²) in [5.74, 6) is -4.13. The maximum Gasteiger partial charge on any atom is 0.471 e. The molecule has 198 valence electrons. The number of rotatable bonds is 6. The fourth-order valence-electron chi connectivity index (χ4n) is 6.11. The van der Waals surface area contributed by atoms with E-state index in [4.69, 9.17) is 0 Å². The Morgan fingerprint density at radius 3 is 2.42 bits per heavy atom. The zero-order valence-electron chi connectivity index (χ0n) is 20.6. The summed E-state index contributed by atoms with van der Waals surface area (Å²) in [5.41, 5.74) is -1.07. The summed E-state index contributed by atoms with van der Waals surface area (Å²) in [6, 6.07) is -1.35. The van der Waals surface area contributed by atoms with Crippen LogP contribution in [0.5, 0.6) is 0 Å². The quantitative estimate of drug-likeness (QED) is 0.494. The van der Waals surface area contributed by atoms with Gasteiger partial charge in [0, 0.05) is 19.0 Å². The van der Waals surface area contributed by atoms with E-state index in [-0.39, 0.29) is 36.1 Å².